The fourth-order valence-electron chi connectivity index (χ4n) is 6.08. The molecule has 2 aromatic carbocycles. The van der Waals surface area contributed by atoms with Gasteiger partial charge in [-0.25, -0.2) is 4.39 Å². The van der Waals surface area contributed by atoms with E-state index in [2.05, 4.69) is 48.8 Å². The van der Waals surface area contributed by atoms with Crippen molar-refractivity contribution in [2.75, 3.05) is 0 Å². The number of nitriles is 1. The molecule has 2 aliphatic carbocycles. The van der Waals surface area contributed by atoms with Gasteiger partial charge < -0.3 is 0 Å². The van der Waals surface area contributed by atoms with Crippen LogP contribution < -0.4 is 0 Å². The summed E-state index contributed by atoms with van der Waals surface area (Å²) in [5.41, 5.74) is 3.00. The Bertz CT molecular complexity index is 1060. The third-order valence-electron chi connectivity index (χ3n) is 8.40. The number of benzene rings is 2. The van der Waals surface area contributed by atoms with Gasteiger partial charge in [-0.05, 0) is 98.1 Å². The molecule has 0 radical (unpaired) electrons. The molecule has 182 valence electrons. The molecule has 2 saturated carbocycles. The third-order valence-corrected chi connectivity index (χ3v) is 8.40. The van der Waals surface area contributed by atoms with Gasteiger partial charge in [0.1, 0.15) is 11.9 Å². The molecule has 0 aliphatic heterocycles. The molecule has 0 atom stereocenters. The number of hydrogen-bond acceptors (Lipinski definition) is 1. The van der Waals surface area contributed by atoms with E-state index < -0.39 is 5.82 Å². The summed E-state index contributed by atoms with van der Waals surface area (Å²) in [5, 5.41) is 8.85. The number of halogens is 1. The van der Waals surface area contributed by atoms with E-state index in [1.807, 2.05) is 6.07 Å². The van der Waals surface area contributed by atoms with E-state index in [1.54, 1.807) is 6.07 Å². The summed E-state index contributed by atoms with van der Waals surface area (Å²) < 4.78 is 13.8. The van der Waals surface area contributed by atoms with Gasteiger partial charge in [0.2, 0.25) is 0 Å². The standard InChI is InChI=1S/C33H38FN/c1-2-3-4-25-5-7-26(8-6-25)9-10-27-13-18-30(19-14-27)31-20-15-28(16-21-31)11-12-29-17-22-32(24-35)33(34)23-29/h2,15-17,20-23,25-27,30H,1,3-10,13-14,18-19H2. The van der Waals surface area contributed by atoms with Gasteiger partial charge in [-0.2, -0.15) is 5.26 Å². The summed E-state index contributed by atoms with van der Waals surface area (Å²) in [6, 6.07) is 14.9. The topological polar surface area (TPSA) is 23.8 Å². The Labute approximate surface area is 211 Å². The summed E-state index contributed by atoms with van der Waals surface area (Å²) >= 11 is 0. The minimum atomic E-state index is -0.517. The Kier molecular flexibility index (Phi) is 9.20. The van der Waals surface area contributed by atoms with Gasteiger partial charge in [-0.15, -0.1) is 6.58 Å². The van der Waals surface area contributed by atoms with Crippen LogP contribution in [0.2, 0.25) is 0 Å². The molecule has 2 heteroatoms. The smallest absolute Gasteiger partial charge is 0.142 e. The van der Waals surface area contributed by atoms with E-state index in [4.69, 9.17) is 5.26 Å². The zero-order valence-corrected chi connectivity index (χ0v) is 20.9. The number of allylic oxidation sites excluding steroid dienone is 1. The molecule has 0 amide bonds. The maximum Gasteiger partial charge on any atom is 0.142 e. The van der Waals surface area contributed by atoms with Crippen molar-refractivity contribution < 1.29 is 4.39 Å². The monoisotopic (exact) mass is 467 g/mol. The van der Waals surface area contributed by atoms with Crippen LogP contribution in [0.5, 0.6) is 0 Å². The van der Waals surface area contributed by atoms with Gasteiger partial charge in [0, 0.05) is 11.1 Å². The maximum absolute atomic E-state index is 13.8. The van der Waals surface area contributed by atoms with E-state index >= 15 is 0 Å². The summed E-state index contributed by atoms with van der Waals surface area (Å²) in [6.45, 7) is 3.87. The average molecular weight is 468 g/mol. The van der Waals surface area contributed by atoms with Gasteiger partial charge in [0.15, 0.2) is 0 Å². The van der Waals surface area contributed by atoms with Crippen molar-refractivity contribution in [3.8, 4) is 17.9 Å². The lowest BCUT2D eigenvalue weighted by Crippen LogP contribution is -2.17. The van der Waals surface area contributed by atoms with Gasteiger partial charge in [0.25, 0.3) is 0 Å². The van der Waals surface area contributed by atoms with Crippen molar-refractivity contribution in [3.05, 3.63) is 83.2 Å². The van der Waals surface area contributed by atoms with Crippen LogP contribution in [0.1, 0.15) is 105 Å². The molecule has 4 rings (SSSR count). The highest BCUT2D eigenvalue weighted by Gasteiger charge is 2.25. The van der Waals surface area contributed by atoms with Crippen LogP contribution in [0.4, 0.5) is 4.39 Å². The predicted molar refractivity (Wildman–Crippen MR) is 142 cm³/mol. The summed E-state index contributed by atoms with van der Waals surface area (Å²) in [7, 11) is 0. The number of hydrogen-bond donors (Lipinski definition) is 0. The fraction of sp³-hybridized carbons (Fsp3) is 0.485. The maximum atomic E-state index is 13.8. The zero-order valence-electron chi connectivity index (χ0n) is 20.9. The van der Waals surface area contributed by atoms with Crippen molar-refractivity contribution in [2.45, 2.75) is 83.0 Å². The van der Waals surface area contributed by atoms with E-state index in [-0.39, 0.29) is 5.56 Å². The Morgan fingerprint density at radius 3 is 1.89 bits per heavy atom. The minimum absolute atomic E-state index is 0.0525. The van der Waals surface area contributed by atoms with Crippen LogP contribution in [-0.2, 0) is 0 Å². The van der Waals surface area contributed by atoms with E-state index in [1.165, 1.54) is 94.7 Å². The Morgan fingerprint density at radius 2 is 1.31 bits per heavy atom. The molecule has 0 N–H and O–H groups in total. The molecule has 0 unspecified atom stereocenters. The van der Waals surface area contributed by atoms with Gasteiger partial charge in [-0.3, -0.25) is 0 Å². The normalized spacial score (nSPS) is 24.1. The fourth-order valence-corrected chi connectivity index (χ4v) is 6.08. The highest BCUT2D eigenvalue weighted by molar-refractivity contribution is 5.46. The first kappa shape index (κ1) is 25.3. The average Bonchev–Trinajstić information content (AvgIpc) is 2.91. The van der Waals surface area contributed by atoms with Crippen molar-refractivity contribution in [1.82, 2.24) is 0 Å². The molecule has 0 aromatic heterocycles. The van der Waals surface area contributed by atoms with Crippen LogP contribution in [0, 0.1) is 46.7 Å². The quantitative estimate of drug-likeness (QED) is 0.294. The Morgan fingerprint density at radius 1 is 0.771 bits per heavy atom. The highest BCUT2D eigenvalue weighted by atomic mass is 19.1. The van der Waals surface area contributed by atoms with Crippen molar-refractivity contribution in [1.29, 1.82) is 5.26 Å². The first-order valence-electron chi connectivity index (χ1n) is 13.6. The molecule has 0 spiro atoms. The van der Waals surface area contributed by atoms with Gasteiger partial charge in [-0.1, -0.05) is 68.6 Å². The van der Waals surface area contributed by atoms with E-state index in [9.17, 15) is 4.39 Å². The summed E-state index contributed by atoms with van der Waals surface area (Å²) in [4.78, 5) is 0. The molecule has 0 bridgehead atoms. The predicted octanol–water partition coefficient (Wildman–Crippen LogP) is 8.92. The SMILES string of the molecule is C=CCCC1CCC(CCC2CCC(c3ccc(C#Cc4ccc(C#N)c(F)c4)cc3)CC2)CC1. The van der Waals surface area contributed by atoms with Crippen LogP contribution in [-0.4, -0.2) is 0 Å². The lowest BCUT2D eigenvalue weighted by molar-refractivity contribution is 0.225. The lowest BCUT2D eigenvalue weighted by Gasteiger charge is -2.32. The van der Waals surface area contributed by atoms with Crippen LogP contribution in [0.25, 0.3) is 0 Å². The van der Waals surface area contributed by atoms with Crippen LogP contribution >= 0.6 is 0 Å². The highest BCUT2D eigenvalue weighted by Crippen LogP contribution is 2.40. The van der Waals surface area contributed by atoms with Gasteiger partial charge >= 0.3 is 0 Å². The second-order valence-corrected chi connectivity index (χ2v) is 10.7. The van der Waals surface area contributed by atoms with Crippen molar-refractivity contribution >= 4 is 0 Å². The molecule has 2 aromatic rings. The third kappa shape index (κ3) is 7.32. The van der Waals surface area contributed by atoms with Crippen LogP contribution in [0.15, 0.2) is 55.1 Å². The number of rotatable bonds is 7. The summed E-state index contributed by atoms with van der Waals surface area (Å²) in [5.74, 6) is 9.13. The van der Waals surface area contributed by atoms with Crippen molar-refractivity contribution in [2.24, 2.45) is 17.8 Å². The second kappa shape index (κ2) is 12.7. The second-order valence-electron chi connectivity index (χ2n) is 10.7. The first-order chi connectivity index (χ1) is 17.1. The summed E-state index contributed by atoms with van der Waals surface area (Å²) in [6.07, 6.45) is 18.6. The first-order valence-corrected chi connectivity index (χ1v) is 13.6. The Balaban J connectivity index is 1.20. The molecule has 35 heavy (non-hydrogen) atoms. The minimum Gasteiger partial charge on any atom is -0.206 e. The number of nitrogens with zero attached hydrogens (tertiary/aromatic N) is 1. The van der Waals surface area contributed by atoms with E-state index in [0.717, 1.165) is 23.3 Å². The van der Waals surface area contributed by atoms with Crippen molar-refractivity contribution in [3.63, 3.8) is 0 Å². The molecule has 0 saturated heterocycles. The molecule has 1 nitrogen and oxygen atoms in total. The lowest BCUT2D eigenvalue weighted by atomic mass is 9.74. The zero-order chi connectivity index (χ0) is 24.5. The molecular formula is C33H38FN. The molecule has 2 fully saturated rings. The largest absolute Gasteiger partial charge is 0.206 e. The van der Waals surface area contributed by atoms with Gasteiger partial charge in [0.05, 0.1) is 5.56 Å². The van der Waals surface area contributed by atoms with Crippen LogP contribution in [0.3, 0.4) is 0 Å². The molecule has 0 heterocycles. The Hall–Kier alpha value is -2.84. The molecular weight excluding hydrogens is 429 g/mol. The van der Waals surface area contributed by atoms with E-state index in [0.29, 0.717) is 11.5 Å². The molecule has 2 aliphatic rings.